The molecule has 1 unspecified atom stereocenters. The number of methoxy groups -OCH3 is 2. The standard InChI is InChI=1S/C9H14N2O4/c1-4-6(13-2)9-10-7(15-11-9)5-8(12)14-3/h6H,4-5H2,1-3H3. The van der Waals surface area contributed by atoms with Crippen LogP contribution in [0, 0.1) is 0 Å². The highest BCUT2D eigenvalue weighted by molar-refractivity contribution is 5.70. The van der Waals surface area contributed by atoms with Gasteiger partial charge >= 0.3 is 5.97 Å². The van der Waals surface area contributed by atoms with Gasteiger partial charge < -0.3 is 14.0 Å². The van der Waals surface area contributed by atoms with Crippen LogP contribution in [-0.4, -0.2) is 30.3 Å². The summed E-state index contributed by atoms with van der Waals surface area (Å²) < 4.78 is 14.5. The first-order chi connectivity index (χ1) is 7.21. The highest BCUT2D eigenvalue weighted by Gasteiger charge is 2.17. The van der Waals surface area contributed by atoms with E-state index in [-0.39, 0.29) is 18.4 Å². The van der Waals surface area contributed by atoms with Gasteiger partial charge in [-0.15, -0.1) is 0 Å². The summed E-state index contributed by atoms with van der Waals surface area (Å²) in [6, 6.07) is 0. The van der Waals surface area contributed by atoms with E-state index in [1.807, 2.05) is 6.92 Å². The van der Waals surface area contributed by atoms with Crippen LogP contribution in [0.2, 0.25) is 0 Å². The second-order valence-corrected chi connectivity index (χ2v) is 2.93. The predicted octanol–water partition coefficient (Wildman–Crippen LogP) is 0.883. The zero-order chi connectivity index (χ0) is 11.3. The van der Waals surface area contributed by atoms with Crippen LogP contribution in [0.25, 0.3) is 0 Å². The minimum Gasteiger partial charge on any atom is -0.469 e. The van der Waals surface area contributed by atoms with E-state index in [9.17, 15) is 4.79 Å². The second kappa shape index (κ2) is 5.45. The lowest BCUT2D eigenvalue weighted by Gasteiger charge is -2.05. The lowest BCUT2D eigenvalue weighted by atomic mass is 10.2. The lowest BCUT2D eigenvalue weighted by Crippen LogP contribution is -2.06. The Morgan fingerprint density at radius 3 is 2.80 bits per heavy atom. The molecule has 0 fully saturated rings. The Labute approximate surface area is 87.6 Å². The Morgan fingerprint density at radius 2 is 2.27 bits per heavy atom. The quantitative estimate of drug-likeness (QED) is 0.677. The summed E-state index contributed by atoms with van der Waals surface area (Å²) in [5.41, 5.74) is 0. The number of nitrogens with zero attached hydrogens (tertiary/aromatic N) is 2. The largest absolute Gasteiger partial charge is 0.469 e. The number of carbonyl (C=O) groups is 1. The molecule has 0 saturated carbocycles. The van der Waals surface area contributed by atoms with E-state index in [2.05, 4.69) is 14.9 Å². The lowest BCUT2D eigenvalue weighted by molar-refractivity contribution is -0.140. The van der Waals surface area contributed by atoms with Gasteiger partial charge in [0.25, 0.3) is 0 Å². The van der Waals surface area contributed by atoms with Crippen molar-refractivity contribution in [2.45, 2.75) is 25.9 Å². The first-order valence-electron chi connectivity index (χ1n) is 4.63. The normalized spacial score (nSPS) is 12.5. The molecule has 0 bridgehead atoms. The van der Waals surface area contributed by atoms with Gasteiger partial charge in [0, 0.05) is 7.11 Å². The molecule has 84 valence electrons. The molecule has 0 amide bonds. The van der Waals surface area contributed by atoms with E-state index in [1.165, 1.54) is 7.11 Å². The average molecular weight is 214 g/mol. The van der Waals surface area contributed by atoms with Crippen molar-refractivity contribution in [1.29, 1.82) is 0 Å². The van der Waals surface area contributed by atoms with Gasteiger partial charge in [-0.1, -0.05) is 12.1 Å². The summed E-state index contributed by atoms with van der Waals surface area (Å²) >= 11 is 0. The van der Waals surface area contributed by atoms with Gasteiger partial charge in [-0.25, -0.2) is 0 Å². The van der Waals surface area contributed by atoms with Crippen LogP contribution < -0.4 is 0 Å². The molecule has 0 aliphatic heterocycles. The molecule has 6 heteroatoms. The van der Waals surface area contributed by atoms with Crippen LogP contribution in [-0.2, 0) is 20.7 Å². The third-order valence-electron chi connectivity index (χ3n) is 1.95. The SMILES string of the molecule is CCC(OC)c1noc(CC(=O)OC)n1. The summed E-state index contributed by atoms with van der Waals surface area (Å²) in [6.45, 7) is 1.95. The third-order valence-corrected chi connectivity index (χ3v) is 1.95. The number of rotatable bonds is 5. The van der Waals surface area contributed by atoms with Crippen molar-refractivity contribution >= 4 is 5.97 Å². The summed E-state index contributed by atoms with van der Waals surface area (Å²) in [5, 5.41) is 3.73. The summed E-state index contributed by atoms with van der Waals surface area (Å²) in [6.07, 6.45) is 0.539. The van der Waals surface area contributed by atoms with Crippen molar-refractivity contribution < 1.29 is 18.8 Å². The number of esters is 1. The molecule has 1 heterocycles. The van der Waals surface area contributed by atoms with Gasteiger partial charge in [-0.05, 0) is 6.42 Å². The van der Waals surface area contributed by atoms with E-state index in [1.54, 1.807) is 7.11 Å². The molecule has 0 aromatic carbocycles. The summed E-state index contributed by atoms with van der Waals surface area (Å²) in [4.78, 5) is 15.0. The number of hydrogen-bond donors (Lipinski definition) is 0. The Bertz CT molecular complexity index is 320. The molecular weight excluding hydrogens is 200 g/mol. The molecule has 0 aliphatic rings. The zero-order valence-corrected chi connectivity index (χ0v) is 9.02. The predicted molar refractivity (Wildman–Crippen MR) is 50.1 cm³/mol. The van der Waals surface area contributed by atoms with E-state index in [0.29, 0.717) is 5.82 Å². The molecular formula is C9H14N2O4. The molecule has 1 aromatic heterocycles. The number of carbonyl (C=O) groups excluding carboxylic acids is 1. The van der Waals surface area contributed by atoms with Crippen LogP contribution in [0.3, 0.4) is 0 Å². The molecule has 1 aromatic rings. The minimum atomic E-state index is -0.407. The van der Waals surface area contributed by atoms with Crippen molar-refractivity contribution in [3.05, 3.63) is 11.7 Å². The van der Waals surface area contributed by atoms with Gasteiger partial charge in [0.2, 0.25) is 11.7 Å². The molecule has 1 rings (SSSR count). The Balaban J connectivity index is 2.67. The van der Waals surface area contributed by atoms with E-state index in [4.69, 9.17) is 9.26 Å². The Hall–Kier alpha value is -1.43. The molecule has 15 heavy (non-hydrogen) atoms. The fourth-order valence-electron chi connectivity index (χ4n) is 1.12. The maximum atomic E-state index is 10.9. The third kappa shape index (κ3) is 3.02. The van der Waals surface area contributed by atoms with Crippen LogP contribution >= 0.6 is 0 Å². The molecule has 0 saturated heterocycles. The first-order valence-corrected chi connectivity index (χ1v) is 4.63. The highest BCUT2D eigenvalue weighted by Crippen LogP contribution is 2.16. The molecule has 6 nitrogen and oxygen atoms in total. The van der Waals surface area contributed by atoms with Gasteiger partial charge in [0.15, 0.2) is 0 Å². The molecule has 0 aliphatic carbocycles. The minimum absolute atomic E-state index is 0.0103. The van der Waals surface area contributed by atoms with Crippen molar-refractivity contribution in [3.63, 3.8) is 0 Å². The number of hydrogen-bond acceptors (Lipinski definition) is 6. The van der Waals surface area contributed by atoms with Crippen LogP contribution in [0.1, 0.15) is 31.2 Å². The maximum Gasteiger partial charge on any atom is 0.315 e. The van der Waals surface area contributed by atoms with E-state index < -0.39 is 5.97 Å². The van der Waals surface area contributed by atoms with Crippen LogP contribution in [0.4, 0.5) is 0 Å². The van der Waals surface area contributed by atoms with E-state index >= 15 is 0 Å². The number of ether oxygens (including phenoxy) is 2. The second-order valence-electron chi connectivity index (χ2n) is 2.93. The maximum absolute atomic E-state index is 10.9. The number of aromatic nitrogens is 2. The molecule has 0 spiro atoms. The van der Waals surface area contributed by atoms with Crippen LogP contribution in [0.5, 0.6) is 0 Å². The summed E-state index contributed by atoms with van der Waals surface area (Å²) in [5.74, 6) is 0.293. The van der Waals surface area contributed by atoms with E-state index in [0.717, 1.165) is 6.42 Å². The fraction of sp³-hybridized carbons (Fsp3) is 0.667. The Morgan fingerprint density at radius 1 is 1.53 bits per heavy atom. The van der Waals surface area contributed by atoms with Gasteiger partial charge in [0.05, 0.1) is 7.11 Å². The topological polar surface area (TPSA) is 74.5 Å². The molecule has 0 N–H and O–H groups in total. The zero-order valence-electron chi connectivity index (χ0n) is 9.02. The van der Waals surface area contributed by atoms with Gasteiger partial charge in [-0.2, -0.15) is 4.98 Å². The first kappa shape index (κ1) is 11.6. The monoisotopic (exact) mass is 214 g/mol. The smallest absolute Gasteiger partial charge is 0.315 e. The highest BCUT2D eigenvalue weighted by atomic mass is 16.5. The van der Waals surface area contributed by atoms with Crippen molar-refractivity contribution in [2.24, 2.45) is 0 Å². The van der Waals surface area contributed by atoms with Crippen molar-refractivity contribution in [1.82, 2.24) is 10.1 Å². The van der Waals surface area contributed by atoms with Crippen molar-refractivity contribution in [3.8, 4) is 0 Å². The Kier molecular flexibility index (Phi) is 4.23. The molecule has 1 atom stereocenters. The van der Waals surface area contributed by atoms with Gasteiger partial charge in [0.1, 0.15) is 12.5 Å². The average Bonchev–Trinajstić information content (AvgIpc) is 2.68. The van der Waals surface area contributed by atoms with Crippen molar-refractivity contribution in [2.75, 3.05) is 14.2 Å². The molecule has 0 radical (unpaired) electrons. The fourth-order valence-corrected chi connectivity index (χ4v) is 1.12. The van der Waals surface area contributed by atoms with Crippen LogP contribution in [0.15, 0.2) is 4.52 Å². The summed E-state index contributed by atoms with van der Waals surface area (Å²) in [7, 11) is 2.88. The van der Waals surface area contributed by atoms with Gasteiger partial charge in [-0.3, -0.25) is 4.79 Å².